The van der Waals surface area contributed by atoms with E-state index in [0.717, 1.165) is 31.9 Å². The molecule has 2 rings (SSSR count). The molecule has 6 nitrogen and oxygen atoms in total. The number of nitrogens with one attached hydrogen (secondary N) is 2. The molecule has 1 unspecified atom stereocenters. The lowest BCUT2D eigenvalue weighted by Gasteiger charge is -2.14. The van der Waals surface area contributed by atoms with E-state index in [0.29, 0.717) is 11.7 Å². The smallest absolute Gasteiger partial charge is 0.293 e. The highest BCUT2D eigenvalue weighted by Gasteiger charge is 2.28. The molecule has 6 heteroatoms. The fourth-order valence-electron chi connectivity index (χ4n) is 2.24. The lowest BCUT2D eigenvalue weighted by Crippen LogP contribution is -2.31. The quantitative estimate of drug-likeness (QED) is 0.822. The highest BCUT2D eigenvalue weighted by Crippen LogP contribution is 2.17. The first-order chi connectivity index (χ1) is 8.61. The van der Waals surface area contributed by atoms with Crippen molar-refractivity contribution in [2.75, 3.05) is 26.7 Å². The first kappa shape index (κ1) is 13.0. The highest BCUT2D eigenvalue weighted by atomic mass is 16.2. The van der Waals surface area contributed by atoms with Gasteiger partial charge in [0.2, 0.25) is 5.82 Å². The molecule has 1 aromatic heterocycles. The molecule has 1 aliphatic rings. The molecule has 2 heterocycles. The average molecular weight is 251 g/mol. The van der Waals surface area contributed by atoms with Crippen molar-refractivity contribution in [2.45, 2.75) is 26.2 Å². The summed E-state index contributed by atoms with van der Waals surface area (Å²) in [7, 11) is 1.94. The number of carbonyl (C=O) groups excluding carboxylic acids is 1. The van der Waals surface area contributed by atoms with Crippen LogP contribution in [0.5, 0.6) is 0 Å². The van der Waals surface area contributed by atoms with Crippen molar-refractivity contribution in [2.24, 2.45) is 5.92 Å². The molecule has 100 valence electrons. The summed E-state index contributed by atoms with van der Waals surface area (Å²) in [6, 6.07) is 0. The fraction of sp³-hybridized carbons (Fsp3) is 0.750. The predicted molar refractivity (Wildman–Crippen MR) is 68.4 cm³/mol. The van der Waals surface area contributed by atoms with Crippen LogP contribution in [0.2, 0.25) is 0 Å². The second-order valence-corrected chi connectivity index (χ2v) is 5.16. The van der Waals surface area contributed by atoms with E-state index in [1.54, 1.807) is 0 Å². The van der Waals surface area contributed by atoms with E-state index in [-0.39, 0.29) is 11.8 Å². The Kier molecular flexibility index (Phi) is 3.96. The Labute approximate surface area is 107 Å². The van der Waals surface area contributed by atoms with Crippen LogP contribution in [-0.2, 0) is 0 Å². The summed E-state index contributed by atoms with van der Waals surface area (Å²) < 4.78 is 0. The van der Waals surface area contributed by atoms with Crippen LogP contribution in [0.3, 0.4) is 0 Å². The average Bonchev–Trinajstić information content (AvgIpc) is 2.97. The zero-order chi connectivity index (χ0) is 13.1. The molecule has 1 aromatic rings. The lowest BCUT2D eigenvalue weighted by molar-refractivity contribution is 0.0775. The van der Waals surface area contributed by atoms with Gasteiger partial charge in [-0.1, -0.05) is 13.8 Å². The van der Waals surface area contributed by atoms with E-state index in [9.17, 15) is 4.79 Å². The minimum Gasteiger partial charge on any atom is -0.336 e. The number of likely N-dealkylation sites (tertiary alicyclic amines) is 1. The van der Waals surface area contributed by atoms with Gasteiger partial charge in [-0.05, 0) is 25.9 Å². The Morgan fingerprint density at radius 3 is 3.00 bits per heavy atom. The summed E-state index contributed by atoms with van der Waals surface area (Å²) in [5, 5.41) is 9.99. The van der Waals surface area contributed by atoms with Crippen LogP contribution in [0, 0.1) is 5.92 Å². The number of nitrogens with zero attached hydrogens (tertiary/aromatic N) is 3. The molecule has 0 radical (unpaired) electrons. The molecule has 0 bridgehead atoms. The molecule has 0 aromatic carbocycles. The van der Waals surface area contributed by atoms with Gasteiger partial charge in [0.25, 0.3) is 5.91 Å². The third-order valence-corrected chi connectivity index (χ3v) is 3.31. The predicted octanol–water partition coefficient (Wildman–Crippen LogP) is 0.610. The number of carbonyl (C=O) groups is 1. The monoisotopic (exact) mass is 251 g/mol. The second kappa shape index (κ2) is 5.48. The molecule has 18 heavy (non-hydrogen) atoms. The van der Waals surface area contributed by atoms with Crippen molar-refractivity contribution in [1.82, 2.24) is 25.4 Å². The number of amides is 1. The third-order valence-electron chi connectivity index (χ3n) is 3.31. The molecule has 2 N–H and O–H groups in total. The minimum atomic E-state index is -0.0586. The maximum absolute atomic E-state index is 12.2. The molecule has 1 aliphatic heterocycles. The first-order valence-electron chi connectivity index (χ1n) is 6.48. The molecular formula is C12H21N5O. The van der Waals surface area contributed by atoms with E-state index < -0.39 is 0 Å². The summed E-state index contributed by atoms with van der Waals surface area (Å²) in [6.07, 6.45) is 1.05. The third kappa shape index (κ3) is 2.69. The minimum absolute atomic E-state index is 0.0586. The van der Waals surface area contributed by atoms with Crippen LogP contribution >= 0.6 is 0 Å². The fourth-order valence-corrected chi connectivity index (χ4v) is 2.24. The molecule has 0 saturated carbocycles. The van der Waals surface area contributed by atoms with E-state index in [1.807, 2.05) is 25.8 Å². The summed E-state index contributed by atoms with van der Waals surface area (Å²) in [5.41, 5.74) is 0. The molecule has 0 aliphatic carbocycles. The van der Waals surface area contributed by atoms with Gasteiger partial charge < -0.3 is 10.2 Å². The zero-order valence-corrected chi connectivity index (χ0v) is 11.2. The van der Waals surface area contributed by atoms with Crippen LogP contribution in [0.25, 0.3) is 0 Å². The maximum Gasteiger partial charge on any atom is 0.293 e. The van der Waals surface area contributed by atoms with Gasteiger partial charge in [-0.2, -0.15) is 0 Å². The molecule has 1 saturated heterocycles. The van der Waals surface area contributed by atoms with Gasteiger partial charge in [-0.25, -0.2) is 4.98 Å². The maximum atomic E-state index is 12.2. The van der Waals surface area contributed by atoms with Gasteiger partial charge in [0.15, 0.2) is 0 Å². The standard InChI is InChI=1S/C12H21N5O/c1-8(2)10-14-11(16-15-10)12(18)17-5-4-9(7-17)6-13-3/h8-9,13H,4-7H2,1-3H3,(H,14,15,16). The van der Waals surface area contributed by atoms with Gasteiger partial charge in [0.05, 0.1) is 0 Å². The summed E-state index contributed by atoms with van der Waals surface area (Å²) in [4.78, 5) is 18.3. The van der Waals surface area contributed by atoms with Gasteiger partial charge in [0.1, 0.15) is 5.82 Å². The van der Waals surface area contributed by atoms with Crippen LogP contribution < -0.4 is 5.32 Å². The Balaban J connectivity index is 1.99. The van der Waals surface area contributed by atoms with Crippen LogP contribution in [0.15, 0.2) is 0 Å². The van der Waals surface area contributed by atoms with Crippen LogP contribution in [0.4, 0.5) is 0 Å². The number of aromatic amines is 1. The van der Waals surface area contributed by atoms with Gasteiger partial charge in [-0.15, -0.1) is 5.10 Å². The Bertz CT molecular complexity index is 414. The van der Waals surface area contributed by atoms with Gasteiger partial charge in [-0.3, -0.25) is 9.89 Å². The number of hydrogen-bond acceptors (Lipinski definition) is 4. The summed E-state index contributed by atoms with van der Waals surface area (Å²) in [6.45, 7) is 6.60. The molecular weight excluding hydrogens is 230 g/mol. The largest absolute Gasteiger partial charge is 0.336 e. The number of hydrogen-bond donors (Lipinski definition) is 2. The summed E-state index contributed by atoms with van der Waals surface area (Å²) >= 11 is 0. The van der Waals surface area contributed by atoms with Crippen LogP contribution in [0.1, 0.15) is 42.6 Å². The summed E-state index contributed by atoms with van der Waals surface area (Å²) in [5.74, 6) is 1.81. The second-order valence-electron chi connectivity index (χ2n) is 5.16. The van der Waals surface area contributed by atoms with Crippen molar-refractivity contribution in [3.8, 4) is 0 Å². The van der Waals surface area contributed by atoms with E-state index in [2.05, 4.69) is 20.5 Å². The number of H-pyrrole nitrogens is 1. The van der Waals surface area contributed by atoms with E-state index in [4.69, 9.17) is 0 Å². The number of rotatable bonds is 4. The number of aromatic nitrogens is 3. The molecule has 1 amide bonds. The van der Waals surface area contributed by atoms with Crippen molar-refractivity contribution in [1.29, 1.82) is 0 Å². The van der Waals surface area contributed by atoms with Crippen molar-refractivity contribution < 1.29 is 4.79 Å². The van der Waals surface area contributed by atoms with Crippen molar-refractivity contribution >= 4 is 5.91 Å². The van der Waals surface area contributed by atoms with Gasteiger partial charge in [0, 0.05) is 19.0 Å². The molecule has 0 spiro atoms. The highest BCUT2D eigenvalue weighted by molar-refractivity contribution is 5.90. The van der Waals surface area contributed by atoms with E-state index in [1.165, 1.54) is 0 Å². The van der Waals surface area contributed by atoms with E-state index >= 15 is 0 Å². The Hall–Kier alpha value is -1.43. The SMILES string of the molecule is CNCC1CCN(C(=O)c2n[nH]c(C(C)C)n2)C1. The van der Waals surface area contributed by atoms with Crippen LogP contribution in [-0.4, -0.2) is 52.7 Å². The zero-order valence-electron chi connectivity index (χ0n) is 11.2. The Morgan fingerprint density at radius 2 is 2.39 bits per heavy atom. The molecule has 1 atom stereocenters. The first-order valence-corrected chi connectivity index (χ1v) is 6.48. The van der Waals surface area contributed by atoms with Gasteiger partial charge >= 0.3 is 0 Å². The Morgan fingerprint density at radius 1 is 1.61 bits per heavy atom. The topological polar surface area (TPSA) is 73.9 Å². The lowest BCUT2D eigenvalue weighted by atomic mass is 10.1. The normalized spacial score (nSPS) is 19.8. The van der Waals surface area contributed by atoms with Crippen molar-refractivity contribution in [3.63, 3.8) is 0 Å². The molecule has 1 fully saturated rings. The van der Waals surface area contributed by atoms with Crippen molar-refractivity contribution in [3.05, 3.63) is 11.6 Å².